The number of aryl methyl sites for hydroxylation is 2. The Morgan fingerprint density at radius 2 is 1.93 bits per heavy atom. The number of esters is 1. The summed E-state index contributed by atoms with van der Waals surface area (Å²) < 4.78 is 32.1. The highest BCUT2D eigenvalue weighted by molar-refractivity contribution is 7.89. The summed E-state index contributed by atoms with van der Waals surface area (Å²) in [5, 5.41) is 2.91. The number of carbonyl (C=O) groups is 2. The fraction of sp³-hybridized carbons (Fsp3) is 0.316. The van der Waals surface area contributed by atoms with Crippen LogP contribution in [0, 0.1) is 13.8 Å². The van der Waals surface area contributed by atoms with E-state index in [2.05, 4.69) is 15.0 Å². The largest absolute Gasteiger partial charge is 0.452 e. The molecule has 1 amide bonds. The Hall–Kier alpha value is -2.49. The van der Waals surface area contributed by atoms with Gasteiger partial charge in [0.1, 0.15) is 5.82 Å². The van der Waals surface area contributed by atoms with Gasteiger partial charge >= 0.3 is 5.97 Å². The number of benzene rings is 1. The summed E-state index contributed by atoms with van der Waals surface area (Å²) >= 11 is 5.72. The Morgan fingerprint density at radius 1 is 1.21 bits per heavy atom. The van der Waals surface area contributed by atoms with Crippen LogP contribution >= 0.6 is 11.6 Å². The number of nitrogens with one attached hydrogen (secondary N) is 2. The van der Waals surface area contributed by atoms with Gasteiger partial charge in [-0.2, -0.15) is 0 Å². The number of hydrogen-bond donors (Lipinski definition) is 2. The third-order valence-corrected chi connectivity index (χ3v) is 5.74. The number of rotatable bonds is 8. The van der Waals surface area contributed by atoms with Crippen LogP contribution in [-0.2, 0) is 24.3 Å². The molecule has 0 saturated heterocycles. The third kappa shape index (κ3) is 6.81. The fourth-order valence-electron chi connectivity index (χ4n) is 2.45. The summed E-state index contributed by atoms with van der Waals surface area (Å²) in [5.74, 6) is -1.01. The maximum Gasteiger partial charge on any atom is 0.307 e. The van der Waals surface area contributed by atoms with Crippen LogP contribution in [0.5, 0.6) is 0 Å². The van der Waals surface area contributed by atoms with Crippen LogP contribution in [0.25, 0.3) is 0 Å². The molecular formula is C19H22ClN3O5S. The summed E-state index contributed by atoms with van der Waals surface area (Å²) in [6.07, 6.45) is 0.0763. The molecule has 0 radical (unpaired) electrons. The molecule has 1 heterocycles. The van der Waals surface area contributed by atoms with Gasteiger partial charge in [0.2, 0.25) is 10.0 Å². The first-order valence-electron chi connectivity index (χ1n) is 8.77. The molecule has 1 atom stereocenters. The fourth-order valence-corrected chi connectivity index (χ4v) is 3.82. The van der Waals surface area contributed by atoms with Crippen LogP contribution in [0.15, 0.2) is 41.4 Å². The lowest BCUT2D eigenvalue weighted by molar-refractivity contribution is -0.152. The molecule has 2 rings (SSSR count). The Bertz CT molecular complexity index is 993. The number of sulfonamides is 1. The molecule has 0 aliphatic carbocycles. The average molecular weight is 440 g/mol. The number of ether oxygens (including phenoxy) is 1. The van der Waals surface area contributed by atoms with Gasteiger partial charge < -0.3 is 10.1 Å². The highest BCUT2D eigenvalue weighted by Crippen LogP contribution is 2.16. The van der Waals surface area contributed by atoms with Crippen molar-refractivity contribution in [2.75, 3.05) is 11.9 Å². The second-order valence-electron chi connectivity index (χ2n) is 6.40. The second kappa shape index (κ2) is 9.82. The lowest BCUT2D eigenvalue weighted by Gasteiger charge is -2.14. The topological polar surface area (TPSA) is 114 Å². The first-order chi connectivity index (χ1) is 13.6. The van der Waals surface area contributed by atoms with Gasteiger partial charge in [0.25, 0.3) is 5.91 Å². The van der Waals surface area contributed by atoms with Crippen LogP contribution in [0.3, 0.4) is 0 Å². The Balaban J connectivity index is 1.82. The molecule has 0 saturated carbocycles. The van der Waals surface area contributed by atoms with E-state index in [1.54, 1.807) is 25.1 Å². The van der Waals surface area contributed by atoms with Gasteiger partial charge in [0.05, 0.1) is 16.3 Å². The van der Waals surface area contributed by atoms with Crippen molar-refractivity contribution in [3.05, 3.63) is 52.7 Å². The van der Waals surface area contributed by atoms with Crippen molar-refractivity contribution < 1.29 is 22.7 Å². The number of pyridine rings is 1. The molecule has 156 valence electrons. The molecule has 0 aliphatic rings. The Kier molecular flexibility index (Phi) is 7.72. The minimum Gasteiger partial charge on any atom is -0.452 e. The standard InChI is InChI=1S/C19H22ClN3O5S/c1-12-4-6-16(13(2)10-12)29(26,27)22-9-8-18(24)28-14(3)19(25)23-17-7-5-15(20)11-21-17/h4-7,10-11,14,22H,8-9H2,1-3H3,(H,21,23,25)/t14-/m1/s1. The maximum absolute atomic E-state index is 12.4. The molecule has 1 aromatic heterocycles. The minimum atomic E-state index is -3.75. The van der Waals surface area contributed by atoms with Crippen LogP contribution in [0.2, 0.25) is 5.02 Å². The highest BCUT2D eigenvalue weighted by atomic mass is 35.5. The number of halogens is 1. The smallest absolute Gasteiger partial charge is 0.307 e. The zero-order valence-electron chi connectivity index (χ0n) is 16.2. The summed E-state index contributed by atoms with van der Waals surface area (Å²) in [5.41, 5.74) is 1.56. The van der Waals surface area contributed by atoms with E-state index in [0.717, 1.165) is 5.56 Å². The molecule has 10 heteroatoms. The monoisotopic (exact) mass is 439 g/mol. The second-order valence-corrected chi connectivity index (χ2v) is 8.57. The summed E-state index contributed by atoms with van der Waals surface area (Å²) in [6, 6.07) is 8.05. The van der Waals surface area contributed by atoms with Crippen molar-refractivity contribution in [3.8, 4) is 0 Å². The van der Waals surface area contributed by atoms with E-state index in [1.165, 1.54) is 25.3 Å². The predicted octanol–water partition coefficient (Wildman–Crippen LogP) is 2.59. The van der Waals surface area contributed by atoms with Crippen LogP contribution in [0.4, 0.5) is 5.82 Å². The van der Waals surface area contributed by atoms with Gasteiger partial charge in [-0.1, -0.05) is 29.3 Å². The molecule has 2 aromatic rings. The molecule has 2 N–H and O–H groups in total. The molecule has 29 heavy (non-hydrogen) atoms. The summed E-state index contributed by atoms with van der Waals surface area (Å²) in [6.45, 7) is 4.82. The number of hydrogen-bond acceptors (Lipinski definition) is 6. The first-order valence-corrected chi connectivity index (χ1v) is 10.6. The van der Waals surface area contributed by atoms with E-state index in [1.807, 2.05) is 6.92 Å². The van der Waals surface area contributed by atoms with Crippen LogP contribution in [0.1, 0.15) is 24.5 Å². The molecule has 0 unspecified atom stereocenters. The quantitative estimate of drug-likeness (QED) is 0.611. The van der Waals surface area contributed by atoms with E-state index in [4.69, 9.17) is 16.3 Å². The molecule has 1 aromatic carbocycles. The van der Waals surface area contributed by atoms with E-state index < -0.39 is 28.0 Å². The highest BCUT2D eigenvalue weighted by Gasteiger charge is 2.20. The molecule has 0 fully saturated rings. The van der Waals surface area contributed by atoms with Gasteiger partial charge in [-0.05, 0) is 44.5 Å². The normalized spacial score (nSPS) is 12.3. The van der Waals surface area contributed by atoms with Crippen LogP contribution in [-0.4, -0.2) is 37.9 Å². The van der Waals surface area contributed by atoms with Gasteiger partial charge in [-0.3, -0.25) is 9.59 Å². The van der Waals surface area contributed by atoms with Gasteiger partial charge in [-0.15, -0.1) is 0 Å². The van der Waals surface area contributed by atoms with E-state index in [-0.39, 0.29) is 23.7 Å². The number of aromatic nitrogens is 1. The van der Waals surface area contributed by atoms with Crippen LogP contribution < -0.4 is 10.0 Å². The summed E-state index contributed by atoms with van der Waals surface area (Å²) in [4.78, 5) is 28.0. The number of nitrogens with zero attached hydrogens (tertiary/aromatic N) is 1. The Labute approximate surface area is 174 Å². The number of amides is 1. The zero-order valence-corrected chi connectivity index (χ0v) is 17.8. The molecule has 0 aliphatic heterocycles. The first kappa shape index (κ1) is 22.8. The van der Waals surface area contributed by atoms with E-state index in [9.17, 15) is 18.0 Å². The van der Waals surface area contributed by atoms with Crippen molar-refractivity contribution in [3.63, 3.8) is 0 Å². The lowest BCUT2D eigenvalue weighted by Crippen LogP contribution is -2.32. The Morgan fingerprint density at radius 3 is 2.55 bits per heavy atom. The van der Waals surface area contributed by atoms with Crippen molar-refractivity contribution in [1.29, 1.82) is 0 Å². The third-order valence-electron chi connectivity index (χ3n) is 3.90. The lowest BCUT2D eigenvalue weighted by atomic mass is 10.2. The zero-order chi connectivity index (χ0) is 21.6. The van der Waals surface area contributed by atoms with Crippen molar-refractivity contribution in [2.24, 2.45) is 0 Å². The van der Waals surface area contributed by atoms with Crippen molar-refractivity contribution in [2.45, 2.75) is 38.2 Å². The molecule has 0 spiro atoms. The summed E-state index contributed by atoms with van der Waals surface area (Å²) in [7, 11) is -3.75. The molecule has 0 bridgehead atoms. The maximum atomic E-state index is 12.4. The minimum absolute atomic E-state index is 0.151. The van der Waals surface area contributed by atoms with Gasteiger partial charge in [0.15, 0.2) is 6.10 Å². The number of carbonyl (C=O) groups excluding carboxylic acids is 2. The molecule has 8 nitrogen and oxygen atoms in total. The van der Waals surface area contributed by atoms with Gasteiger partial charge in [0, 0.05) is 12.7 Å². The van der Waals surface area contributed by atoms with Crippen molar-refractivity contribution in [1.82, 2.24) is 9.71 Å². The van der Waals surface area contributed by atoms with E-state index >= 15 is 0 Å². The number of anilines is 1. The predicted molar refractivity (Wildman–Crippen MR) is 109 cm³/mol. The van der Waals surface area contributed by atoms with Gasteiger partial charge in [-0.25, -0.2) is 18.1 Å². The van der Waals surface area contributed by atoms with E-state index in [0.29, 0.717) is 10.6 Å². The van der Waals surface area contributed by atoms with Crippen molar-refractivity contribution >= 4 is 39.3 Å². The SMILES string of the molecule is Cc1ccc(S(=O)(=O)NCCC(=O)O[C@H](C)C(=O)Nc2ccc(Cl)cn2)c(C)c1. The molecular weight excluding hydrogens is 418 g/mol. The average Bonchev–Trinajstić information content (AvgIpc) is 2.63.